The van der Waals surface area contributed by atoms with Gasteiger partial charge in [0.1, 0.15) is 12.4 Å². The predicted molar refractivity (Wildman–Crippen MR) is 68.3 cm³/mol. The molecule has 0 aliphatic carbocycles. The predicted octanol–water partition coefficient (Wildman–Crippen LogP) is 2.94. The first kappa shape index (κ1) is 14.0. The summed E-state index contributed by atoms with van der Waals surface area (Å²) in [5.41, 5.74) is 0.870. The number of benzene rings is 1. The molecule has 0 spiro atoms. The second-order valence-corrected chi connectivity index (χ2v) is 4.06. The van der Waals surface area contributed by atoms with E-state index in [0.717, 1.165) is 30.8 Å². The van der Waals surface area contributed by atoms with Gasteiger partial charge in [0, 0.05) is 6.61 Å². The van der Waals surface area contributed by atoms with E-state index in [2.05, 4.69) is 6.92 Å². The van der Waals surface area contributed by atoms with Crippen molar-refractivity contribution in [2.45, 2.75) is 32.8 Å². The van der Waals surface area contributed by atoms with Gasteiger partial charge in [-0.1, -0.05) is 25.5 Å². The molecule has 1 atom stereocenters. The maximum atomic E-state index is 9.44. The van der Waals surface area contributed by atoms with Crippen molar-refractivity contribution in [1.29, 1.82) is 0 Å². The highest BCUT2D eigenvalue weighted by Gasteiger charge is 2.01. The van der Waals surface area contributed by atoms with Gasteiger partial charge >= 0.3 is 0 Å². The first-order valence-corrected chi connectivity index (χ1v) is 6.22. The molecule has 0 radical (unpaired) electrons. The number of ether oxygens (including phenoxy) is 2. The molecule has 0 heterocycles. The van der Waals surface area contributed by atoms with E-state index in [4.69, 9.17) is 9.47 Å². The summed E-state index contributed by atoms with van der Waals surface area (Å²) in [6.07, 6.45) is 1.79. The summed E-state index contributed by atoms with van der Waals surface area (Å²) in [6.45, 7) is 5.84. The lowest BCUT2D eigenvalue weighted by atomic mass is 10.1. The van der Waals surface area contributed by atoms with E-state index in [1.54, 1.807) is 6.92 Å². The number of unbranched alkanes of at least 4 members (excludes halogenated alkanes) is 1. The molecule has 1 rings (SSSR count). The van der Waals surface area contributed by atoms with Crippen molar-refractivity contribution in [3.05, 3.63) is 29.8 Å². The average Bonchev–Trinajstić information content (AvgIpc) is 2.34. The second-order valence-electron chi connectivity index (χ2n) is 4.06. The zero-order valence-electron chi connectivity index (χ0n) is 10.7. The van der Waals surface area contributed by atoms with E-state index in [1.165, 1.54) is 0 Å². The molecule has 3 nitrogen and oxygen atoms in total. The first-order valence-electron chi connectivity index (χ1n) is 6.22. The maximum Gasteiger partial charge on any atom is 0.119 e. The van der Waals surface area contributed by atoms with Crippen LogP contribution in [0.15, 0.2) is 24.3 Å². The van der Waals surface area contributed by atoms with E-state index in [-0.39, 0.29) is 0 Å². The van der Waals surface area contributed by atoms with Crippen LogP contribution in [-0.4, -0.2) is 24.9 Å². The van der Waals surface area contributed by atoms with Crippen LogP contribution >= 0.6 is 0 Å². The molecule has 0 amide bonds. The summed E-state index contributed by atoms with van der Waals surface area (Å²) < 4.78 is 10.9. The summed E-state index contributed by atoms with van der Waals surface area (Å²) in [4.78, 5) is 0. The molecule has 0 aliphatic rings. The fraction of sp³-hybridized carbons (Fsp3) is 0.571. The number of aliphatic hydroxyl groups excluding tert-OH is 1. The van der Waals surface area contributed by atoms with Gasteiger partial charge < -0.3 is 14.6 Å². The first-order chi connectivity index (χ1) is 8.24. The lowest BCUT2D eigenvalue weighted by Gasteiger charge is -2.09. The normalized spacial score (nSPS) is 12.4. The Bertz CT molecular complexity index is 310. The molecular formula is C14H22O3. The van der Waals surface area contributed by atoms with Crippen molar-refractivity contribution in [1.82, 2.24) is 0 Å². The van der Waals surface area contributed by atoms with Crippen LogP contribution < -0.4 is 4.74 Å². The Morgan fingerprint density at radius 1 is 1.24 bits per heavy atom. The van der Waals surface area contributed by atoms with Crippen LogP contribution in [0.1, 0.15) is 38.4 Å². The average molecular weight is 238 g/mol. The molecule has 0 fully saturated rings. The van der Waals surface area contributed by atoms with Crippen LogP contribution in [0.5, 0.6) is 5.75 Å². The van der Waals surface area contributed by atoms with Crippen molar-refractivity contribution >= 4 is 0 Å². The maximum absolute atomic E-state index is 9.44. The lowest BCUT2D eigenvalue weighted by Crippen LogP contribution is -2.07. The van der Waals surface area contributed by atoms with Crippen LogP contribution in [0.25, 0.3) is 0 Å². The highest BCUT2D eigenvalue weighted by molar-refractivity contribution is 5.29. The summed E-state index contributed by atoms with van der Waals surface area (Å²) in [7, 11) is 0. The minimum absolute atomic E-state index is 0.459. The molecule has 3 heteroatoms. The molecule has 17 heavy (non-hydrogen) atoms. The summed E-state index contributed by atoms with van der Waals surface area (Å²) in [5.74, 6) is 0.780. The standard InChI is InChI=1S/C14H22O3/c1-3-4-8-16-9-10-17-14-7-5-6-13(11-14)12(2)15/h5-7,11-12,15H,3-4,8-10H2,1-2H3/t12-/m1/s1. The highest BCUT2D eigenvalue weighted by Crippen LogP contribution is 2.18. The SMILES string of the molecule is CCCCOCCOc1cccc([C@@H](C)O)c1. The van der Waals surface area contributed by atoms with Crippen LogP contribution in [-0.2, 0) is 4.74 Å². The van der Waals surface area contributed by atoms with Crippen molar-refractivity contribution in [3.8, 4) is 5.75 Å². The van der Waals surface area contributed by atoms with Gasteiger partial charge in [-0.25, -0.2) is 0 Å². The number of hydrogen-bond acceptors (Lipinski definition) is 3. The van der Waals surface area contributed by atoms with E-state index >= 15 is 0 Å². The Morgan fingerprint density at radius 3 is 2.76 bits per heavy atom. The van der Waals surface area contributed by atoms with Gasteiger partial charge in [0.15, 0.2) is 0 Å². The summed E-state index contributed by atoms with van der Waals surface area (Å²) in [5, 5.41) is 9.44. The fourth-order valence-corrected chi connectivity index (χ4v) is 1.43. The quantitative estimate of drug-likeness (QED) is 0.708. The molecule has 1 N–H and O–H groups in total. The lowest BCUT2D eigenvalue weighted by molar-refractivity contribution is 0.0979. The van der Waals surface area contributed by atoms with E-state index < -0.39 is 6.10 Å². The van der Waals surface area contributed by atoms with Crippen molar-refractivity contribution in [2.75, 3.05) is 19.8 Å². The van der Waals surface area contributed by atoms with Gasteiger partial charge in [-0.2, -0.15) is 0 Å². The van der Waals surface area contributed by atoms with E-state index in [1.807, 2.05) is 24.3 Å². The van der Waals surface area contributed by atoms with Gasteiger partial charge in [-0.3, -0.25) is 0 Å². The Morgan fingerprint density at radius 2 is 2.06 bits per heavy atom. The molecule has 0 unspecified atom stereocenters. The topological polar surface area (TPSA) is 38.7 Å². The molecule has 1 aromatic carbocycles. The van der Waals surface area contributed by atoms with E-state index in [9.17, 15) is 5.11 Å². The van der Waals surface area contributed by atoms with Crippen LogP contribution in [0, 0.1) is 0 Å². The Labute approximate surface area is 103 Å². The monoisotopic (exact) mass is 238 g/mol. The van der Waals surface area contributed by atoms with Crippen molar-refractivity contribution < 1.29 is 14.6 Å². The number of aliphatic hydroxyl groups is 1. The minimum Gasteiger partial charge on any atom is -0.491 e. The Hall–Kier alpha value is -1.06. The van der Waals surface area contributed by atoms with Gasteiger partial charge in [-0.15, -0.1) is 0 Å². The van der Waals surface area contributed by atoms with Crippen LogP contribution in [0.2, 0.25) is 0 Å². The molecule has 1 aromatic rings. The van der Waals surface area contributed by atoms with Gasteiger partial charge in [0.05, 0.1) is 12.7 Å². The van der Waals surface area contributed by atoms with E-state index in [0.29, 0.717) is 13.2 Å². The Kier molecular flexibility index (Phi) is 6.67. The van der Waals surface area contributed by atoms with Crippen LogP contribution in [0.4, 0.5) is 0 Å². The van der Waals surface area contributed by atoms with Gasteiger partial charge in [-0.05, 0) is 31.0 Å². The van der Waals surface area contributed by atoms with Gasteiger partial charge in [0.2, 0.25) is 0 Å². The summed E-state index contributed by atoms with van der Waals surface area (Å²) >= 11 is 0. The molecular weight excluding hydrogens is 216 g/mol. The molecule has 0 bridgehead atoms. The molecule has 96 valence electrons. The second kappa shape index (κ2) is 8.09. The van der Waals surface area contributed by atoms with Crippen molar-refractivity contribution in [3.63, 3.8) is 0 Å². The third-order valence-electron chi connectivity index (χ3n) is 2.48. The van der Waals surface area contributed by atoms with Gasteiger partial charge in [0.25, 0.3) is 0 Å². The molecule has 0 saturated carbocycles. The molecule has 0 aliphatic heterocycles. The molecule has 0 saturated heterocycles. The smallest absolute Gasteiger partial charge is 0.119 e. The Balaban J connectivity index is 2.24. The van der Waals surface area contributed by atoms with Crippen molar-refractivity contribution in [2.24, 2.45) is 0 Å². The third kappa shape index (κ3) is 5.71. The number of rotatable bonds is 8. The highest BCUT2D eigenvalue weighted by atomic mass is 16.5. The third-order valence-corrected chi connectivity index (χ3v) is 2.48. The van der Waals surface area contributed by atoms with Crippen LogP contribution in [0.3, 0.4) is 0 Å². The summed E-state index contributed by atoms with van der Waals surface area (Å²) in [6, 6.07) is 7.51. The largest absolute Gasteiger partial charge is 0.491 e. The zero-order valence-corrected chi connectivity index (χ0v) is 10.7. The number of hydrogen-bond donors (Lipinski definition) is 1. The fourth-order valence-electron chi connectivity index (χ4n) is 1.43. The minimum atomic E-state index is -0.459. The zero-order chi connectivity index (χ0) is 12.5. The molecule has 0 aromatic heterocycles.